The van der Waals surface area contributed by atoms with E-state index in [0.29, 0.717) is 22.2 Å². The van der Waals surface area contributed by atoms with Gasteiger partial charge in [-0.3, -0.25) is 9.59 Å². The van der Waals surface area contributed by atoms with Crippen LogP contribution in [0.2, 0.25) is 0 Å². The number of hydrogen-bond acceptors (Lipinski definition) is 7. The Bertz CT molecular complexity index is 1180. The van der Waals surface area contributed by atoms with Crippen LogP contribution in [0.4, 0.5) is 16.5 Å². The molecule has 0 aliphatic carbocycles. The van der Waals surface area contributed by atoms with E-state index >= 15 is 0 Å². The average molecular weight is 433 g/mol. The van der Waals surface area contributed by atoms with E-state index in [9.17, 15) is 9.59 Å². The van der Waals surface area contributed by atoms with Crippen LogP contribution < -0.4 is 10.3 Å². The number of hydrazone groups is 1. The second-order valence-corrected chi connectivity index (χ2v) is 7.96. The normalized spacial score (nSPS) is 16.1. The molecule has 8 nitrogen and oxygen atoms in total. The lowest BCUT2D eigenvalue weighted by molar-refractivity contribution is -0.118. The molecule has 0 saturated carbocycles. The van der Waals surface area contributed by atoms with E-state index in [1.54, 1.807) is 31.2 Å². The van der Waals surface area contributed by atoms with Crippen molar-refractivity contribution in [3.05, 3.63) is 59.5 Å². The minimum Gasteiger partial charge on any atom is -0.326 e. The number of azo groups is 1. The highest BCUT2D eigenvalue weighted by molar-refractivity contribution is 7.14. The van der Waals surface area contributed by atoms with Gasteiger partial charge in [0.05, 0.1) is 17.1 Å². The molecule has 2 aromatic carbocycles. The van der Waals surface area contributed by atoms with Crippen LogP contribution in [-0.2, 0) is 9.59 Å². The van der Waals surface area contributed by atoms with Gasteiger partial charge in [0.25, 0.3) is 5.91 Å². The molecule has 4 rings (SSSR count). The topological polar surface area (TPSA) is 99.4 Å². The molecule has 1 aliphatic rings. The zero-order valence-corrected chi connectivity index (χ0v) is 18.1. The first kappa shape index (κ1) is 20.5. The number of carbonyl (C=O) groups excluding carboxylic acids is 2. The van der Waals surface area contributed by atoms with Crippen LogP contribution in [0, 0.1) is 6.92 Å². The van der Waals surface area contributed by atoms with Crippen LogP contribution >= 0.6 is 11.3 Å². The monoisotopic (exact) mass is 432 g/mol. The standard InChI is InChI=1S/C22H20N6O2S/c1-13-4-6-16(7-5-13)19-12-31-22(24-19)28-21(30)20(14(2)27-28)26-25-18-10-8-17(9-11-18)23-15(3)29/h4-12,20H,1-3H3,(H,23,29). The van der Waals surface area contributed by atoms with Gasteiger partial charge in [0.2, 0.25) is 11.0 Å². The quantitative estimate of drug-likeness (QED) is 0.577. The first-order valence-corrected chi connectivity index (χ1v) is 10.5. The number of aryl methyl sites for hydroxylation is 1. The maximum absolute atomic E-state index is 12.9. The number of amides is 2. The molecule has 1 aliphatic heterocycles. The molecular weight excluding hydrogens is 412 g/mol. The maximum Gasteiger partial charge on any atom is 0.282 e. The molecule has 31 heavy (non-hydrogen) atoms. The summed E-state index contributed by atoms with van der Waals surface area (Å²) in [5, 5.41) is 19.1. The molecule has 0 spiro atoms. The summed E-state index contributed by atoms with van der Waals surface area (Å²) in [7, 11) is 0. The summed E-state index contributed by atoms with van der Waals surface area (Å²) < 4.78 is 0. The van der Waals surface area contributed by atoms with Crippen molar-refractivity contribution in [2.45, 2.75) is 26.8 Å². The molecule has 0 fully saturated rings. The molecule has 0 bridgehead atoms. The molecule has 0 radical (unpaired) electrons. The molecule has 1 unspecified atom stereocenters. The van der Waals surface area contributed by atoms with Gasteiger partial charge in [-0.1, -0.05) is 29.8 Å². The van der Waals surface area contributed by atoms with Crippen molar-refractivity contribution >= 4 is 45.4 Å². The Morgan fingerprint density at radius 1 is 1.10 bits per heavy atom. The summed E-state index contributed by atoms with van der Waals surface area (Å²) in [5.41, 5.74) is 4.75. The van der Waals surface area contributed by atoms with E-state index in [1.165, 1.54) is 28.8 Å². The summed E-state index contributed by atoms with van der Waals surface area (Å²) in [5.74, 6) is -0.438. The molecular formula is C22H20N6O2S. The van der Waals surface area contributed by atoms with Gasteiger partial charge in [-0.25, -0.2) is 4.98 Å². The van der Waals surface area contributed by atoms with Crippen molar-refractivity contribution in [1.82, 2.24) is 4.98 Å². The Morgan fingerprint density at radius 2 is 1.81 bits per heavy atom. The summed E-state index contributed by atoms with van der Waals surface area (Å²) in [6.45, 7) is 5.22. The van der Waals surface area contributed by atoms with E-state index in [4.69, 9.17) is 0 Å². The largest absolute Gasteiger partial charge is 0.326 e. The third-order valence-corrected chi connectivity index (χ3v) is 5.41. The summed E-state index contributed by atoms with van der Waals surface area (Å²) in [6.07, 6.45) is 0. The second-order valence-electron chi connectivity index (χ2n) is 7.12. The van der Waals surface area contributed by atoms with E-state index in [2.05, 4.69) is 25.6 Å². The first-order valence-electron chi connectivity index (χ1n) is 9.61. The van der Waals surface area contributed by atoms with Crippen molar-refractivity contribution in [3.63, 3.8) is 0 Å². The molecule has 9 heteroatoms. The van der Waals surface area contributed by atoms with Gasteiger partial charge < -0.3 is 5.32 Å². The molecule has 2 amide bonds. The number of anilines is 2. The van der Waals surface area contributed by atoms with Crippen molar-refractivity contribution in [2.75, 3.05) is 10.3 Å². The third kappa shape index (κ3) is 4.56. The highest BCUT2D eigenvalue weighted by Crippen LogP contribution is 2.31. The zero-order chi connectivity index (χ0) is 22.0. The number of nitrogens with one attached hydrogen (secondary N) is 1. The molecule has 1 aromatic heterocycles. The Labute approximate surface area is 183 Å². The highest BCUT2D eigenvalue weighted by Gasteiger charge is 2.36. The fraction of sp³-hybridized carbons (Fsp3) is 0.182. The number of nitrogens with zero attached hydrogens (tertiary/aromatic N) is 5. The molecule has 0 saturated heterocycles. The Kier molecular flexibility index (Phi) is 5.68. The van der Waals surface area contributed by atoms with E-state index < -0.39 is 6.04 Å². The van der Waals surface area contributed by atoms with E-state index in [0.717, 1.165) is 11.3 Å². The molecule has 3 aromatic rings. The van der Waals surface area contributed by atoms with Crippen LogP contribution in [0.3, 0.4) is 0 Å². The molecule has 1 N–H and O–H groups in total. The fourth-order valence-corrected chi connectivity index (χ4v) is 3.77. The lowest BCUT2D eigenvalue weighted by atomic mass is 10.1. The second kappa shape index (κ2) is 8.57. The first-order chi connectivity index (χ1) is 14.9. The minimum atomic E-state index is -0.790. The number of thiazole rings is 1. The number of hydrogen-bond donors (Lipinski definition) is 1. The van der Waals surface area contributed by atoms with Gasteiger partial charge in [0, 0.05) is 23.6 Å². The SMILES string of the molecule is CC(=O)Nc1ccc(N=NC2C(=O)N(c3nc(-c4ccc(C)cc4)cs3)N=C2C)cc1. The summed E-state index contributed by atoms with van der Waals surface area (Å²) >= 11 is 1.35. The lowest BCUT2D eigenvalue weighted by Gasteiger charge is -2.08. The van der Waals surface area contributed by atoms with Crippen LogP contribution in [0.5, 0.6) is 0 Å². The predicted octanol–water partition coefficient (Wildman–Crippen LogP) is 4.95. The lowest BCUT2D eigenvalue weighted by Crippen LogP contribution is -2.29. The Morgan fingerprint density at radius 3 is 2.48 bits per heavy atom. The number of benzene rings is 2. The van der Waals surface area contributed by atoms with Crippen LogP contribution in [0.1, 0.15) is 19.4 Å². The minimum absolute atomic E-state index is 0.148. The van der Waals surface area contributed by atoms with Crippen molar-refractivity contribution in [3.8, 4) is 11.3 Å². The van der Waals surface area contributed by atoms with Gasteiger partial charge in [0.15, 0.2) is 6.04 Å². The number of aromatic nitrogens is 1. The Balaban J connectivity index is 1.48. The zero-order valence-electron chi connectivity index (χ0n) is 17.2. The van der Waals surface area contributed by atoms with E-state index in [-0.39, 0.29) is 11.8 Å². The highest BCUT2D eigenvalue weighted by atomic mass is 32.1. The molecule has 2 heterocycles. The average Bonchev–Trinajstić information content (AvgIpc) is 3.33. The third-order valence-electron chi connectivity index (χ3n) is 4.59. The van der Waals surface area contributed by atoms with Crippen LogP contribution in [0.15, 0.2) is 69.2 Å². The van der Waals surface area contributed by atoms with Crippen LogP contribution in [-0.4, -0.2) is 28.6 Å². The van der Waals surface area contributed by atoms with Crippen LogP contribution in [0.25, 0.3) is 11.3 Å². The smallest absolute Gasteiger partial charge is 0.282 e. The number of carbonyl (C=O) groups is 2. The fourth-order valence-electron chi connectivity index (χ4n) is 2.98. The summed E-state index contributed by atoms with van der Waals surface area (Å²) in [4.78, 5) is 28.6. The predicted molar refractivity (Wildman–Crippen MR) is 122 cm³/mol. The number of rotatable bonds is 5. The van der Waals surface area contributed by atoms with Gasteiger partial charge >= 0.3 is 0 Å². The van der Waals surface area contributed by atoms with Crippen molar-refractivity contribution in [2.24, 2.45) is 15.3 Å². The summed E-state index contributed by atoms with van der Waals surface area (Å²) in [6, 6.07) is 14.1. The van der Waals surface area contributed by atoms with E-state index in [1.807, 2.05) is 36.6 Å². The molecule has 1 atom stereocenters. The van der Waals surface area contributed by atoms with Crippen molar-refractivity contribution in [1.29, 1.82) is 0 Å². The van der Waals surface area contributed by atoms with Gasteiger partial charge in [0.1, 0.15) is 0 Å². The van der Waals surface area contributed by atoms with Crippen molar-refractivity contribution < 1.29 is 9.59 Å². The Hall–Kier alpha value is -3.72. The van der Waals surface area contributed by atoms with Gasteiger partial charge in [-0.15, -0.1) is 11.3 Å². The van der Waals surface area contributed by atoms with Gasteiger partial charge in [-0.05, 0) is 38.1 Å². The molecule has 156 valence electrons. The maximum atomic E-state index is 12.9. The van der Waals surface area contributed by atoms with Gasteiger partial charge in [-0.2, -0.15) is 20.3 Å².